The molecule has 0 aromatic carbocycles. The lowest BCUT2D eigenvalue weighted by molar-refractivity contribution is -0.138. The molecule has 0 saturated carbocycles. The number of hydrogen-bond acceptors (Lipinski definition) is 6. The summed E-state index contributed by atoms with van der Waals surface area (Å²) >= 11 is 1.26. The van der Waals surface area contributed by atoms with Crippen LogP contribution < -0.4 is 16.4 Å². The Kier molecular flexibility index (Phi) is 5.53. The van der Waals surface area contributed by atoms with Crippen molar-refractivity contribution in [3.05, 3.63) is 11.1 Å². The molecule has 0 aliphatic heterocycles. The van der Waals surface area contributed by atoms with Gasteiger partial charge < -0.3 is 21.5 Å². The van der Waals surface area contributed by atoms with Gasteiger partial charge in [0.05, 0.1) is 5.69 Å². The minimum absolute atomic E-state index is 0.0379. The average Bonchev–Trinajstić information content (AvgIpc) is 2.77. The van der Waals surface area contributed by atoms with Gasteiger partial charge in [-0.15, -0.1) is 11.3 Å². The molecule has 1 atom stereocenters. The van der Waals surface area contributed by atoms with E-state index < -0.39 is 12.0 Å². The van der Waals surface area contributed by atoms with Crippen molar-refractivity contribution in [1.82, 2.24) is 10.3 Å². The third-order valence-electron chi connectivity index (χ3n) is 2.11. The number of rotatable bonds is 7. The Morgan fingerprint density at radius 1 is 1.61 bits per heavy atom. The van der Waals surface area contributed by atoms with Gasteiger partial charge in [0, 0.05) is 24.9 Å². The van der Waals surface area contributed by atoms with Gasteiger partial charge in [-0.25, -0.2) is 4.98 Å². The van der Waals surface area contributed by atoms with Crippen molar-refractivity contribution in [2.24, 2.45) is 5.73 Å². The van der Waals surface area contributed by atoms with Crippen LogP contribution in [-0.2, 0) is 9.59 Å². The van der Waals surface area contributed by atoms with Crippen LogP contribution in [0.2, 0.25) is 0 Å². The molecule has 0 radical (unpaired) electrons. The summed E-state index contributed by atoms with van der Waals surface area (Å²) in [6, 6.07) is -1.11. The highest BCUT2D eigenvalue weighted by Crippen LogP contribution is 2.19. The minimum atomic E-state index is -1.12. The Morgan fingerprint density at radius 2 is 2.33 bits per heavy atom. The SMILES string of the molecule is CCNC(=O)CCNc1nc(C(N)C(=O)O)cs1. The number of hydrogen-bond donors (Lipinski definition) is 4. The molecule has 18 heavy (non-hydrogen) atoms. The molecule has 1 amide bonds. The summed E-state index contributed by atoms with van der Waals surface area (Å²) in [4.78, 5) is 25.9. The van der Waals surface area contributed by atoms with Gasteiger partial charge in [-0.1, -0.05) is 0 Å². The zero-order valence-electron chi connectivity index (χ0n) is 9.97. The highest BCUT2D eigenvalue weighted by atomic mass is 32.1. The summed E-state index contributed by atoms with van der Waals surface area (Å²) in [5.74, 6) is -1.15. The lowest BCUT2D eigenvalue weighted by Crippen LogP contribution is -2.24. The Bertz CT molecular complexity index is 421. The lowest BCUT2D eigenvalue weighted by Gasteiger charge is -2.03. The molecule has 7 nitrogen and oxygen atoms in total. The molecule has 5 N–H and O–H groups in total. The first-order valence-corrected chi connectivity index (χ1v) is 6.37. The third-order valence-corrected chi connectivity index (χ3v) is 2.93. The van der Waals surface area contributed by atoms with Crippen molar-refractivity contribution < 1.29 is 14.7 Å². The van der Waals surface area contributed by atoms with Gasteiger partial charge in [0.15, 0.2) is 5.13 Å². The van der Waals surface area contributed by atoms with Gasteiger partial charge in [0.2, 0.25) is 5.91 Å². The van der Waals surface area contributed by atoms with Gasteiger partial charge in [-0.2, -0.15) is 0 Å². The molecule has 1 rings (SSSR count). The summed E-state index contributed by atoms with van der Waals surface area (Å²) in [6.07, 6.45) is 0.341. The number of nitrogens with zero attached hydrogens (tertiary/aromatic N) is 1. The predicted octanol–water partition coefficient (Wildman–Crippen LogP) is 0.166. The van der Waals surface area contributed by atoms with E-state index in [1.54, 1.807) is 5.38 Å². The number of thiazole rings is 1. The van der Waals surface area contributed by atoms with Crippen molar-refractivity contribution >= 4 is 28.3 Å². The molecule has 0 aliphatic rings. The summed E-state index contributed by atoms with van der Waals surface area (Å²) in [7, 11) is 0. The van der Waals surface area contributed by atoms with Gasteiger partial charge in [-0.3, -0.25) is 9.59 Å². The highest BCUT2D eigenvalue weighted by molar-refractivity contribution is 7.13. The van der Waals surface area contributed by atoms with Crippen LogP contribution in [0.5, 0.6) is 0 Å². The van der Waals surface area contributed by atoms with Crippen LogP contribution in [0.1, 0.15) is 25.1 Å². The average molecular weight is 272 g/mol. The molecule has 1 aromatic heterocycles. The molecule has 1 aromatic rings. The van der Waals surface area contributed by atoms with Crippen molar-refractivity contribution in [3.63, 3.8) is 0 Å². The number of carbonyl (C=O) groups excluding carboxylic acids is 1. The van der Waals surface area contributed by atoms with E-state index in [0.717, 1.165) is 0 Å². The lowest BCUT2D eigenvalue weighted by atomic mass is 10.2. The molecular formula is C10H16N4O3S. The number of aliphatic carboxylic acids is 1. The van der Waals surface area contributed by atoms with E-state index in [2.05, 4.69) is 15.6 Å². The number of carboxylic acids is 1. The summed E-state index contributed by atoms with van der Waals surface area (Å²) in [6.45, 7) is 2.90. The molecule has 1 unspecified atom stereocenters. The molecular weight excluding hydrogens is 256 g/mol. The van der Waals surface area contributed by atoms with Crippen LogP contribution in [0, 0.1) is 0 Å². The second-order valence-electron chi connectivity index (χ2n) is 3.52. The highest BCUT2D eigenvalue weighted by Gasteiger charge is 2.17. The first-order chi connectivity index (χ1) is 8.54. The monoisotopic (exact) mass is 272 g/mol. The fourth-order valence-corrected chi connectivity index (χ4v) is 1.98. The van der Waals surface area contributed by atoms with Gasteiger partial charge >= 0.3 is 5.97 Å². The van der Waals surface area contributed by atoms with E-state index in [9.17, 15) is 9.59 Å². The number of amides is 1. The number of carboxylic acid groups (broad SMARTS) is 1. The number of aromatic nitrogens is 1. The fourth-order valence-electron chi connectivity index (χ4n) is 1.21. The predicted molar refractivity (Wildman–Crippen MR) is 68.5 cm³/mol. The molecule has 8 heteroatoms. The van der Waals surface area contributed by atoms with E-state index in [4.69, 9.17) is 10.8 Å². The molecule has 0 saturated heterocycles. The maximum atomic E-state index is 11.2. The maximum Gasteiger partial charge on any atom is 0.326 e. The largest absolute Gasteiger partial charge is 0.480 e. The van der Waals surface area contributed by atoms with Crippen LogP contribution in [-0.4, -0.2) is 35.1 Å². The fraction of sp³-hybridized carbons (Fsp3) is 0.500. The number of nitrogens with two attached hydrogens (primary N) is 1. The number of carbonyl (C=O) groups is 2. The second-order valence-corrected chi connectivity index (χ2v) is 4.38. The number of anilines is 1. The second kappa shape index (κ2) is 6.92. The van der Waals surface area contributed by atoms with Gasteiger partial charge in [0.25, 0.3) is 0 Å². The first kappa shape index (κ1) is 14.4. The van der Waals surface area contributed by atoms with E-state index in [1.165, 1.54) is 11.3 Å². The quantitative estimate of drug-likeness (QED) is 0.562. The third kappa shape index (κ3) is 4.30. The van der Waals surface area contributed by atoms with Crippen molar-refractivity contribution in [3.8, 4) is 0 Å². The van der Waals surface area contributed by atoms with E-state index in [0.29, 0.717) is 30.3 Å². The Balaban J connectivity index is 2.40. The summed E-state index contributed by atoms with van der Waals surface area (Å²) in [5.41, 5.74) is 5.73. The summed E-state index contributed by atoms with van der Waals surface area (Å²) < 4.78 is 0. The number of nitrogens with one attached hydrogen (secondary N) is 2. The van der Waals surface area contributed by atoms with Crippen molar-refractivity contribution in [1.29, 1.82) is 0 Å². The Morgan fingerprint density at radius 3 is 2.94 bits per heavy atom. The molecule has 0 bridgehead atoms. The zero-order chi connectivity index (χ0) is 13.5. The van der Waals surface area contributed by atoms with Crippen LogP contribution in [0.4, 0.5) is 5.13 Å². The van der Waals surface area contributed by atoms with E-state index >= 15 is 0 Å². The van der Waals surface area contributed by atoms with Crippen LogP contribution in [0.15, 0.2) is 5.38 Å². The molecule has 1 heterocycles. The van der Waals surface area contributed by atoms with Gasteiger partial charge in [0.1, 0.15) is 6.04 Å². The molecule has 100 valence electrons. The maximum absolute atomic E-state index is 11.2. The van der Waals surface area contributed by atoms with Crippen molar-refractivity contribution in [2.75, 3.05) is 18.4 Å². The molecule has 0 aliphatic carbocycles. The summed E-state index contributed by atoms with van der Waals surface area (Å²) in [5, 5.41) is 16.5. The van der Waals surface area contributed by atoms with Crippen LogP contribution >= 0.6 is 11.3 Å². The van der Waals surface area contributed by atoms with E-state index in [-0.39, 0.29) is 5.91 Å². The minimum Gasteiger partial charge on any atom is -0.480 e. The normalized spacial score (nSPS) is 11.9. The van der Waals surface area contributed by atoms with E-state index in [1.807, 2.05) is 6.92 Å². The first-order valence-electron chi connectivity index (χ1n) is 5.49. The topological polar surface area (TPSA) is 117 Å². The van der Waals surface area contributed by atoms with Crippen LogP contribution in [0.25, 0.3) is 0 Å². The zero-order valence-corrected chi connectivity index (χ0v) is 10.8. The Labute approximate surface area is 108 Å². The Hall–Kier alpha value is -1.67. The smallest absolute Gasteiger partial charge is 0.326 e. The van der Waals surface area contributed by atoms with Gasteiger partial charge in [-0.05, 0) is 6.92 Å². The van der Waals surface area contributed by atoms with Crippen molar-refractivity contribution in [2.45, 2.75) is 19.4 Å². The molecule has 0 spiro atoms. The standard InChI is InChI=1S/C10H16N4O3S/c1-2-12-7(15)3-4-13-10-14-6(5-18-10)8(11)9(16)17/h5,8H,2-4,11H2,1H3,(H,12,15)(H,13,14)(H,16,17). The molecule has 0 fully saturated rings. The van der Waals surface area contributed by atoms with Crippen LogP contribution in [0.3, 0.4) is 0 Å².